The summed E-state index contributed by atoms with van der Waals surface area (Å²) < 4.78 is 61.3. The molecule has 2 aromatic rings. The lowest BCUT2D eigenvalue weighted by Gasteiger charge is -2.37. The smallest absolute Gasteiger partial charge is 0.366 e. The maximum atomic E-state index is 13.7. The minimum atomic E-state index is -4.62. The summed E-state index contributed by atoms with van der Waals surface area (Å²) in [5, 5.41) is 2.88. The fourth-order valence-corrected chi connectivity index (χ4v) is 4.13. The van der Waals surface area contributed by atoms with Gasteiger partial charge in [0.1, 0.15) is 11.9 Å². The molecule has 2 heterocycles. The van der Waals surface area contributed by atoms with Crippen molar-refractivity contribution in [1.29, 1.82) is 0 Å². The number of rotatable bonds is 6. The van der Waals surface area contributed by atoms with Gasteiger partial charge in [0.2, 0.25) is 5.91 Å². The van der Waals surface area contributed by atoms with E-state index in [2.05, 4.69) is 15.0 Å². The van der Waals surface area contributed by atoms with Crippen LogP contribution < -0.4 is 5.32 Å². The summed E-state index contributed by atoms with van der Waals surface area (Å²) in [6, 6.07) is 4.33. The van der Waals surface area contributed by atoms with Gasteiger partial charge in [0, 0.05) is 17.8 Å². The van der Waals surface area contributed by atoms with Crippen LogP contribution in [0.15, 0.2) is 30.7 Å². The highest BCUT2D eigenvalue weighted by molar-refractivity contribution is 6.30. The average Bonchev–Trinajstić information content (AvgIpc) is 3.21. The molecular formula is C21H22ClF4N3O3. The van der Waals surface area contributed by atoms with E-state index in [1.165, 1.54) is 12.1 Å². The molecular weight excluding hydrogens is 454 g/mol. The van der Waals surface area contributed by atoms with Crippen molar-refractivity contribution < 1.29 is 31.8 Å². The second-order valence-corrected chi connectivity index (χ2v) is 8.60. The molecule has 4 rings (SSSR count). The molecule has 1 aromatic heterocycles. The first-order valence-electron chi connectivity index (χ1n) is 10.3. The number of nitrogens with one attached hydrogen (secondary N) is 1. The van der Waals surface area contributed by atoms with Gasteiger partial charge in [0.15, 0.2) is 0 Å². The molecule has 1 saturated heterocycles. The Bertz CT molecular complexity index is 954. The Morgan fingerprint density at radius 2 is 2.09 bits per heavy atom. The van der Waals surface area contributed by atoms with Gasteiger partial charge in [-0.25, -0.2) is 9.37 Å². The highest BCUT2D eigenvalue weighted by Crippen LogP contribution is 2.31. The number of imidazole rings is 1. The third kappa shape index (κ3) is 5.60. The number of aromatic nitrogens is 2. The fourth-order valence-electron chi connectivity index (χ4n) is 4.02. The normalized spacial score (nSPS) is 25.9. The maximum Gasteiger partial charge on any atom is 0.522 e. The van der Waals surface area contributed by atoms with Crippen LogP contribution in [0.4, 0.5) is 17.6 Å². The molecule has 1 saturated carbocycles. The van der Waals surface area contributed by atoms with E-state index in [0.29, 0.717) is 43.5 Å². The minimum Gasteiger partial charge on any atom is -0.366 e. The zero-order valence-electron chi connectivity index (χ0n) is 16.9. The topological polar surface area (TPSA) is 65.4 Å². The Morgan fingerprint density at radius 1 is 1.31 bits per heavy atom. The minimum absolute atomic E-state index is 0.00922. The monoisotopic (exact) mass is 475 g/mol. The molecule has 174 valence electrons. The third-order valence-corrected chi connectivity index (χ3v) is 6.15. The van der Waals surface area contributed by atoms with E-state index >= 15 is 0 Å². The van der Waals surface area contributed by atoms with Crippen LogP contribution in [0.25, 0.3) is 11.3 Å². The lowest BCUT2D eigenvalue weighted by molar-refractivity contribution is -0.330. The van der Waals surface area contributed by atoms with Crippen molar-refractivity contribution in [3.05, 3.63) is 41.6 Å². The van der Waals surface area contributed by atoms with Gasteiger partial charge >= 0.3 is 6.36 Å². The summed E-state index contributed by atoms with van der Waals surface area (Å²) in [5.41, 5.74) is 1.22. The van der Waals surface area contributed by atoms with Crippen molar-refractivity contribution >= 4 is 17.5 Å². The number of nitrogens with zero attached hydrogens (tertiary/aromatic N) is 2. The molecule has 1 amide bonds. The van der Waals surface area contributed by atoms with E-state index in [4.69, 9.17) is 16.3 Å². The predicted octanol–water partition coefficient (Wildman–Crippen LogP) is 4.49. The fraction of sp³-hybridized carbons (Fsp3) is 0.524. The standard InChI is InChI=1S/C21H22ClF4N3O3/c22-16-3-1-13(7-17(16)23)18-8-29(11-27-18)15-2-4-19(31-10-15)20(30)28-14-5-12(6-14)9-32-21(24,25)26/h1,3,7-8,11-12,14-15,19H,2,4-6,9-10H2,(H,28,30)/t12-,14+,15-,19+/m1/s1. The van der Waals surface area contributed by atoms with Gasteiger partial charge in [-0.05, 0) is 43.7 Å². The first-order chi connectivity index (χ1) is 15.2. The largest absolute Gasteiger partial charge is 0.522 e. The van der Waals surface area contributed by atoms with Gasteiger partial charge in [-0.1, -0.05) is 17.7 Å². The second-order valence-electron chi connectivity index (χ2n) is 8.19. The molecule has 0 bridgehead atoms. The zero-order chi connectivity index (χ0) is 22.9. The van der Waals surface area contributed by atoms with Crippen molar-refractivity contribution in [2.45, 2.75) is 50.2 Å². The molecule has 0 unspecified atom stereocenters. The Hall–Kier alpha value is -2.17. The molecule has 11 heteroatoms. The van der Waals surface area contributed by atoms with Crippen LogP contribution in [0, 0.1) is 11.7 Å². The number of halogens is 5. The molecule has 2 atom stereocenters. The van der Waals surface area contributed by atoms with Gasteiger partial charge in [-0.2, -0.15) is 0 Å². The quantitative estimate of drug-likeness (QED) is 0.625. The Kier molecular flexibility index (Phi) is 6.73. The summed E-state index contributed by atoms with van der Waals surface area (Å²) in [4.78, 5) is 16.7. The number of benzene rings is 1. The average molecular weight is 476 g/mol. The second kappa shape index (κ2) is 9.36. The van der Waals surface area contributed by atoms with Crippen LogP contribution in [-0.2, 0) is 14.3 Å². The van der Waals surface area contributed by atoms with Crippen LogP contribution in [0.2, 0.25) is 5.02 Å². The summed E-state index contributed by atoms with van der Waals surface area (Å²) in [6.07, 6.45) is 0.345. The van der Waals surface area contributed by atoms with Crippen molar-refractivity contribution in [3.63, 3.8) is 0 Å². The van der Waals surface area contributed by atoms with Crippen molar-refractivity contribution in [2.75, 3.05) is 13.2 Å². The van der Waals surface area contributed by atoms with Crippen LogP contribution in [0.1, 0.15) is 31.7 Å². The number of hydrogen-bond donors (Lipinski definition) is 1. The summed E-state index contributed by atoms with van der Waals surface area (Å²) in [5.74, 6) is -0.964. The van der Waals surface area contributed by atoms with Crippen molar-refractivity contribution in [1.82, 2.24) is 14.9 Å². The lowest BCUT2D eigenvalue weighted by atomic mass is 9.80. The first-order valence-corrected chi connectivity index (χ1v) is 10.7. The number of carbonyl (C=O) groups excluding carboxylic acids is 1. The summed E-state index contributed by atoms with van der Waals surface area (Å²) in [6.45, 7) is -0.0669. The number of carbonyl (C=O) groups is 1. The molecule has 1 aliphatic carbocycles. The van der Waals surface area contributed by atoms with Gasteiger partial charge in [-0.15, -0.1) is 13.2 Å². The molecule has 32 heavy (non-hydrogen) atoms. The van der Waals surface area contributed by atoms with Gasteiger partial charge in [0.25, 0.3) is 0 Å². The van der Waals surface area contributed by atoms with Gasteiger partial charge in [0.05, 0.1) is 36.3 Å². The number of hydrogen-bond acceptors (Lipinski definition) is 4. The Labute approximate surface area is 186 Å². The lowest BCUT2D eigenvalue weighted by Crippen LogP contribution is -2.50. The van der Waals surface area contributed by atoms with E-state index in [9.17, 15) is 22.4 Å². The van der Waals surface area contributed by atoms with Gasteiger partial charge in [-0.3, -0.25) is 9.53 Å². The number of alkyl halides is 3. The molecule has 2 aliphatic rings. The van der Waals surface area contributed by atoms with Crippen LogP contribution >= 0.6 is 11.6 Å². The van der Waals surface area contributed by atoms with E-state index in [1.54, 1.807) is 18.6 Å². The molecule has 1 N–H and O–H groups in total. The van der Waals surface area contributed by atoms with Crippen LogP contribution in [0.5, 0.6) is 0 Å². The van der Waals surface area contributed by atoms with Crippen LogP contribution in [0.3, 0.4) is 0 Å². The number of ether oxygens (including phenoxy) is 2. The van der Waals surface area contributed by atoms with Crippen molar-refractivity contribution in [3.8, 4) is 11.3 Å². The van der Waals surface area contributed by atoms with E-state index < -0.39 is 18.3 Å². The highest BCUT2D eigenvalue weighted by Gasteiger charge is 2.37. The number of amides is 1. The molecule has 1 aromatic carbocycles. The van der Waals surface area contributed by atoms with Crippen molar-refractivity contribution in [2.24, 2.45) is 5.92 Å². The zero-order valence-corrected chi connectivity index (χ0v) is 17.7. The molecule has 2 fully saturated rings. The summed E-state index contributed by atoms with van der Waals surface area (Å²) >= 11 is 5.72. The third-order valence-electron chi connectivity index (χ3n) is 5.85. The van der Waals surface area contributed by atoms with E-state index in [0.717, 1.165) is 0 Å². The maximum absolute atomic E-state index is 13.7. The Morgan fingerprint density at radius 3 is 2.75 bits per heavy atom. The molecule has 6 nitrogen and oxygen atoms in total. The molecule has 0 spiro atoms. The molecule has 1 aliphatic heterocycles. The van der Waals surface area contributed by atoms with E-state index in [-0.39, 0.29) is 35.5 Å². The Balaban J connectivity index is 1.22. The highest BCUT2D eigenvalue weighted by atomic mass is 35.5. The first kappa shape index (κ1) is 23.0. The summed E-state index contributed by atoms with van der Waals surface area (Å²) in [7, 11) is 0. The SMILES string of the molecule is O=C(N[C@H]1C[C@@H](COC(F)(F)F)C1)[C@@H]1CC[C@@H](n2cnc(-c3ccc(Cl)c(F)c3)c2)CO1. The molecule has 0 radical (unpaired) electrons. The van der Waals surface area contributed by atoms with Crippen LogP contribution in [-0.4, -0.2) is 47.2 Å². The van der Waals surface area contributed by atoms with Gasteiger partial charge < -0.3 is 14.6 Å². The predicted molar refractivity (Wildman–Crippen MR) is 107 cm³/mol. The van der Waals surface area contributed by atoms with E-state index in [1.807, 2.05) is 4.57 Å².